The fraction of sp³-hybridized carbons (Fsp3) is 0.792. The summed E-state index contributed by atoms with van der Waals surface area (Å²) in [6, 6.07) is 0.421. The average Bonchev–Trinajstić information content (AvgIpc) is 3.43. The van der Waals surface area contributed by atoms with Crippen LogP contribution in [-0.2, 0) is 4.74 Å². The quantitative estimate of drug-likeness (QED) is 0.670. The number of carbonyl (C=O) groups excluding carboxylic acids is 1. The largest absolute Gasteiger partial charge is 0.390 e. The molecule has 6 atom stereocenters. The summed E-state index contributed by atoms with van der Waals surface area (Å²) < 4.78 is 5.46. The molecule has 1 amide bonds. The van der Waals surface area contributed by atoms with Crippen LogP contribution in [0, 0.1) is 17.8 Å². The molecule has 3 unspecified atom stereocenters. The molecule has 7 heteroatoms. The number of ether oxygens (including phenoxy) is 1. The fourth-order valence-corrected chi connectivity index (χ4v) is 7.43. The average molecular weight is 427 g/mol. The van der Waals surface area contributed by atoms with Gasteiger partial charge in [0.15, 0.2) is 0 Å². The van der Waals surface area contributed by atoms with Gasteiger partial charge in [0.05, 0.1) is 29.5 Å². The maximum Gasteiger partial charge on any atom is 0.254 e. The Bertz CT molecular complexity index is 833. The van der Waals surface area contributed by atoms with Crippen LogP contribution in [0.3, 0.4) is 0 Å². The molecule has 5 aliphatic carbocycles. The Balaban J connectivity index is 1.23. The molecule has 5 saturated carbocycles. The van der Waals surface area contributed by atoms with E-state index < -0.39 is 5.60 Å². The van der Waals surface area contributed by atoms with Crippen LogP contribution in [-0.4, -0.2) is 51.9 Å². The summed E-state index contributed by atoms with van der Waals surface area (Å²) in [6.45, 7) is 1.45. The summed E-state index contributed by atoms with van der Waals surface area (Å²) in [5.74, 6) is 2.37. The Kier molecular flexibility index (Phi) is 4.94. The SMILES string of the molecule is O=C(NC1[C@@H]2CC3C[C@H]1CC(O)(C3)C2)c1cnc(N[C@@H]2CCOC2)nc1C1CCCC1. The predicted molar refractivity (Wildman–Crippen MR) is 116 cm³/mol. The molecule has 2 heterocycles. The Morgan fingerprint density at radius 3 is 2.58 bits per heavy atom. The van der Waals surface area contributed by atoms with E-state index in [9.17, 15) is 9.90 Å². The molecule has 7 rings (SSSR count). The third kappa shape index (κ3) is 3.74. The van der Waals surface area contributed by atoms with E-state index in [1.807, 2.05) is 0 Å². The van der Waals surface area contributed by atoms with Gasteiger partial charge < -0.3 is 20.5 Å². The standard InChI is InChI=1S/C24H34N4O3/c29-22(27-20-16-7-14-8-17(20)11-24(30,9-14)10-16)19-12-25-23(26-18-5-6-31-13-18)28-21(19)15-3-1-2-4-15/h12,14-18,20,30H,1-11,13H2,(H,27,29)(H,25,26,28)/t14?,16-,17+,18-,20?,24?/m1/s1. The number of rotatable bonds is 5. The zero-order valence-corrected chi connectivity index (χ0v) is 18.2. The van der Waals surface area contributed by atoms with Crippen LogP contribution in [0.25, 0.3) is 0 Å². The van der Waals surface area contributed by atoms with E-state index in [1.165, 1.54) is 12.8 Å². The molecule has 0 aromatic carbocycles. The first-order valence-electron chi connectivity index (χ1n) is 12.3. The Morgan fingerprint density at radius 2 is 1.90 bits per heavy atom. The van der Waals surface area contributed by atoms with Gasteiger partial charge in [-0.15, -0.1) is 0 Å². The van der Waals surface area contributed by atoms with Crippen molar-refractivity contribution in [2.45, 2.75) is 87.8 Å². The second-order valence-corrected chi connectivity index (χ2v) is 10.9. The highest BCUT2D eigenvalue weighted by Gasteiger charge is 2.55. The maximum absolute atomic E-state index is 13.5. The first kappa shape index (κ1) is 19.9. The van der Waals surface area contributed by atoms with Crippen LogP contribution in [0.15, 0.2) is 6.20 Å². The molecule has 0 spiro atoms. The molecule has 6 aliphatic rings. The molecule has 6 fully saturated rings. The summed E-state index contributed by atoms with van der Waals surface area (Å²) in [5, 5.41) is 17.6. The van der Waals surface area contributed by atoms with Gasteiger partial charge in [-0.1, -0.05) is 12.8 Å². The van der Waals surface area contributed by atoms with Gasteiger partial charge in [0.1, 0.15) is 0 Å². The monoisotopic (exact) mass is 426 g/mol. The molecule has 168 valence electrons. The first-order chi connectivity index (χ1) is 15.1. The molecule has 1 aliphatic heterocycles. The van der Waals surface area contributed by atoms with Crippen molar-refractivity contribution in [3.63, 3.8) is 0 Å². The van der Waals surface area contributed by atoms with Crippen molar-refractivity contribution in [2.75, 3.05) is 18.5 Å². The van der Waals surface area contributed by atoms with E-state index in [0.29, 0.717) is 41.8 Å². The lowest BCUT2D eigenvalue weighted by Gasteiger charge is -2.58. The molecule has 4 bridgehead atoms. The van der Waals surface area contributed by atoms with E-state index in [2.05, 4.69) is 15.6 Å². The summed E-state index contributed by atoms with van der Waals surface area (Å²) >= 11 is 0. The lowest BCUT2D eigenvalue weighted by Crippen LogP contribution is -2.61. The fourth-order valence-electron chi connectivity index (χ4n) is 7.43. The van der Waals surface area contributed by atoms with Crippen molar-refractivity contribution in [1.82, 2.24) is 15.3 Å². The van der Waals surface area contributed by atoms with Gasteiger partial charge >= 0.3 is 0 Å². The number of carbonyl (C=O) groups is 1. The van der Waals surface area contributed by atoms with Crippen LogP contribution in [0.1, 0.15) is 86.2 Å². The van der Waals surface area contributed by atoms with Crippen molar-refractivity contribution in [3.05, 3.63) is 17.5 Å². The van der Waals surface area contributed by atoms with Crippen molar-refractivity contribution < 1.29 is 14.6 Å². The van der Waals surface area contributed by atoms with E-state index in [-0.39, 0.29) is 18.0 Å². The normalized spacial score (nSPS) is 39.2. The second-order valence-electron chi connectivity index (χ2n) is 10.9. The van der Waals surface area contributed by atoms with Crippen LogP contribution >= 0.6 is 0 Å². The third-order valence-corrected chi connectivity index (χ3v) is 8.61. The molecule has 1 aromatic rings. The minimum atomic E-state index is -0.479. The highest BCUT2D eigenvalue weighted by atomic mass is 16.5. The Labute approximate surface area is 183 Å². The molecule has 3 N–H and O–H groups in total. The van der Waals surface area contributed by atoms with E-state index in [0.717, 1.165) is 63.7 Å². The highest BCUT2D eigenvalue weighted by Crippen LogP contribution is 2.55. The maximum atomic E-state index is 13.5. The minimum absolute atomic E-state index is 0.0258. The van der Waals surface area contributed by atoms with Crippen LogP contribution in [0.5, 0.6) is 0 Å². The number of hydrogen-bond acceptors (Lipinski definition) is 6. The summed E-state index contributed by atoms with van der Waals surface area (Å²) in [6.07, 6.45) is 12.2. The zero-order valence-electron chi connectivity index (χ0n) is 18.2. The topological polar surface area (TPSA) is 96.4 Å². The molecular weight excluding hydrogens is 392 g/mol. The van der Waals surface area contributed by atoms with Crippen LogP contribution in [0.4, 0.5) is 5.95 Å². The molecule has 31 heavy (non-hydrogen) atoms. The Hall–Kier alpha value is -1.73. The van der Waals surface area contributed by atoms with Gasteiger partial charge in [-0.05, 0) is 69.1 Å². The third-order valence-electron chi connectivity index (χ3n) is 8.61. The highest BCUT2D eigenvalue weighted by molar-refractivity contribution is 5.95. The minimum Gasteiger partial charge on any atom is -0.390 e. The molecule has 7 nitrogen and oxygen atoms in total. The first-order valence-corrected chi connectivity index (χ1v) is 12.3. The van der Waals surface area contributed by atoms with Crippen molar-refractivity contribution >= 4 is 11.9 Å². The Morgan fingerprint density at radius 1 is 1.13 bits per heavy atom. The number of hydrogen-bond donors (Lipinski definition) is 3. The zero-order chi connectivity index (χ0) is 21.0. The van der Waals surface area contributed by atoms with Gasteiger partial charge in [0.2, 0.25) is 5.95 Å². The van der Waals surface area contributed by atoms with Gasteiger partial charge in [-0.3, -0.25) is 4.79 Å². The van der Waals surface area contributed by atoms with Crippen molar-refractivity contribution in [3.8, 4) is 0 Å². The number of aliphatic hydroxyl groups is 1. The number of aromatic nitrogens is 2. The number of anilines is 1. The summed E-state index contributed by atoms with van der Waals surface area (Å²) in [7, 11) is 0. The predicted octanol–water partition coefficient (Wildman–Crippen LogP) is 3.00. The van der Waals surface area contributed by atoms with Gasteiger partial charge in [-0.2, -0.15) is 0 Å². The molecular formula is C24H34N4O3. The lowest BCUT2D eigenvalue weighted by molar-refractivity contribution is -0.136. The molecule has 1 aromatic heterocycles. The number of nitrogens with zero attached hydrogens (tertiary/aromatic N) is 2. The summed E-state index contributed by atoms with van der Waals surface area (Å²) in [4.78, 5) is 22.8. The van der Waals surface area contributed by atoms with Crippen LogP contribution < -0.4 is 10.6 Å². The van der Waals surface area contributed by atoms with E-state index in [4.69, 9.17) is 9.72 Å². The van der Waals surface area contributed by atoms with Gasteiger partial charge in [0.25, 0.3) is 5.91 Å². The van der Waals surface area contributed by atoms with Crippen molar-refractivity contribution in [1.29, 1.82) is 0 Å². The summed E-state index contributed by atoms with van der Waals surface area (Å²) in [5.41, 5.74) is 1.08. The molecule has 1 saturated heterocycles. The van der Waals surface area contributed by atoms with Crippen molar-refractivity contribution in [2.24, 2.45) is 17.8 Å². The van der Waals surface area contributed by atoms with E-state index >= 15 is 0 Å². The lowest BCUT2D eigenvalue weighted by atomic mass is 9.52. The van der Waals surface area contributed by atoms with Gasteiger partial charge in [0, 0.05) is 24.8 Å². The van der Waals surface area contributed by atoms with Crippen LogP contribution in [0.2, 0.25) is 0 Å². The number of amides is 1. The molecule has 0 radical (unpaired) electrons. The number of nitrogens with one attached hydrogen (secondary N) is 2. The van der Waals surface area contributed by atoms with Gasteiger partial charge in [-0.25, -0.2) is 9.97 Å². The van der Waals surface area contributed by atoms with E-state index in [1.54, 1.807) is 6.20 Å². The smallest absolute Gasteiger partial charge is 0.254 e. The second kappa shape index (κ2) is 7.69.